The maximum absolute atomic E-state index is 13.4. The van der Waals surface area contributed by atoms with Crippen LogP contribution in [0.15, 0.2) is 59.5 Å². The van der Waals surface area contributed by atoms with Crippen molar-refractivity contribution in [1.29, 1.82) is 0 Å². The van der Waals surface area contributed by atoms with Crippen LogP contribution in [0, 0.1) is 5.92 Å². The molecule has 0 heterocycles. The molecule has 0 saturated carbocycles. The van der Waals surface area contributed by atoms with Gasteiger partial charge < -0.3 is 15.0 Å². The van der Waals surface area contributed by atoms with E-state index in [9.17, 15) is 18.0 Å². The third kappa shape index (κ3) is 8.34. The number of nitrogens with zero attached hydrogens (tertiary/aromatic N) is 2. The van der Waals surface area contributed by atoms with E-state index < -0.39 is 16.1 Å². The van der Waals surface area contributed by atoms with Crippen LogP contribution >= 0.6 is 0 Å². The summed E-state index contributed by atoms with van der Waals surface area (Å²) in [5.41, 5.74) is 0.878. The second-order valence-corrected chi connectivity index (χ2v) is 11.2. The van der Waals surface area contributed by atoms with Gasteiger partial charge in [-0.05, 0) is 48.6 Å². The molecule has 36 heavy (non-hydrogen) atoms. The van der Waals surface area contributed by atoms with Crippen LogP contribution in [0.2, 0.25) is 0 Å². The highest BCUT2D eigenvalue weighted by Gasteiger charge is 2.29. The van der Waals surface area contributed by atoms with E-state index >= 15 is 0 Å². The van der Waals surface area contributed by atoms with Crippen molar-refractivity contribution < 1.29 is 22.7 Å². The molecule has 8 nitrogen and oxygen atoms in total. The van der Waals surface area contributed by atoms with Gasteiger partial charge in [0.25, 0.3) is 0 Å². The lowest BCUT2D eigenvalue weighted by molar-refractivity contribution is -0.141. The summed E-state index contributed by atoms with van der Waals surface area (Å²) in [6.07, 6.45) is 0.928. The predicted octanol–water partition coefficient (Wildman–Crippen LogP) is 3.68. The van der Waals surface area contributed by atoms with Crippen LogP contribution in [0.5, 0.6) is 5.75 Å². The molecule has 198 valence electrons. The van der Waals surface area contributed by atoms with Gasteiger partial charge in [0.2, 0.25) is 21.8 Å². The van der Waals surface area contributed by atoms with Gasteiger partial charge in [-0.15, -0.1) is 0 Å². The highest BCUT2D eigenvalue weighted by Crippen LogP contribution is 2.18. The molecule has 0 fully saturated rings. The molecule has 1 N–H and O–H groups in total. The van der Waals surface area contributed by atoms with Crippen LogP contribution < -0.4 is 10.1 Å². The van der Waals surface area contributed by atoms with Gasteiger partial charge in [0.1, 0.15) is 11.8 Å². The maximum Gasteiger partial charge on any atom is 0.242 e. The summed E-state index contributed by atoms with van der Waals surface area (Å²) in [5, 5.41) is 2.94. The molecule has 1 unspecified atom stereocenters. The smallest absolute Gasteiger partial charge is 0.242 e. The van der Waals surface area contributed by atoms with Gasteiger partial charge >= 0.3 is 0 Å². The fraction of sp³-hybridized carbons (Fsp3) is 0.481. The molecule has 0 saturated heterocycles. The van der Waals surface area contributed by atoms with E-state index in [4.69, 9.17) is 4.74 Å². The Morgan fingerprint density at radius 2 is 1.67 bits per heavy atom. The summed E-state index contributed by atoms with van der Waals surface area (Å²) in [7, 11) is -0.530. The molecular formula is C27H39N3O5S. The number of rotatable bonds is 14. The van der Waals surface area contributed by atoms with Gasteiger partial charge in [0.05, 0.1) is 12.0 Å². The Morgan fingerprint density at radius 1 is 1.03 bits per heavy atom. The van der Waals surface area contributed by atoms with Crippen molar-refractivity contribution in [1.82, 2.24) is 14.5 Å². The van der Waals surface area contributed by atoms with Gasteiger partial charge in [0.15, 0.2) is 0 Å². The zero-order chi connectivity index (χ0) is 26.7. The molecule has 9 heteroatoms. The fourth-order valence-corrected chi connectivity index (χ4v) is 4.99. The lowest BCUT2D eigenvalue weighted by Gasteiger charge is -2.31. The SMILES string of the molecule is CCC(C(=O)NCC(C)C)N(Cc1ccc(OC)cc1)C(=O)CCCN(C)S(=O)(=O)c1ccccc1. The topological polar surface area (TPSA) is 96.0 Å². The number of hydrogen-bond donors (Lipinski definition) is 1. The molecule has 0 aliphatic heterocycles. The number of benzene rings is 2. The molecule has 0 spiro atoms. The first-order chi connectivity index (χ1) is 17.1. The molecule has 0 bridgehead atoms. The van der Waals surface area contributed by atoms with Crippen LogP contribution in [0.25, 0.3) is 0 Å². The van der Waals surface area contributed by atoms with Crippen LogP contribution in [-0.4, -0.2) is 62.7 Å². The highest BCUT2D eigenvalue weighted by molar-refractivity contribution is 7.89. The van der Waals surface area contributed by atoms with Gasteiger partial charge in [-0.3, -0.25) is 9.59 Å². The van der Waals surface area contributed by atoms with Crippen molar-refractivity contribution in [3.05, 3.63) is 60.2 Å². The standard InChI is InChI=1S/C27H39N3O5S/c1-6-25(27(32)28-19-21(2)3)30(20-22-14-16-23(35-5)17-15-22)26(31)13-10-18-29(4)36(33,34)24-11-8-7-9-12-24/h7-9,11-12,14-17,21,25H,6,10,13,18-20H2,1-5H3,(H,28,32). The van der Waals surface area contributed by atoms with Crippen molar-refractivity contribution in [2.24, 2.45) is 5.92 Å². The number of ether oxygens (including phenoxy) is 1. The largest absolute Gasteiger partial charge is 0.497 e. The first-order valence-electron chi connectivity index (χ1n) is 12.3. The van der Waals surface area contributed by atoms with E-state index in [1.807, 2.05) is 45.0 Å². The first-order valence-corrected chi connectivity index (χ1v) is 13.8. The van der Waals surface area contributed by atoms with Gasteiger partial charge in [-0.2, -0.15) is 0 Å². The molecule has 2 rings (SSSR count). The molecule has 0 radical (unpaired) electrons. The highest BCUT2D eigenvalue weighted by atomic mass is 32.2. The lowest BCUT2D eigenvalue weighted by atomic mass is 10.1. The molecule has 1 atom stereocenters. The van der Waals surface area contributed by atoms with Crippen molar-refractivity contribution in [3.63, 3.8) is 0 Å². The Bertz CT molecular complexity index is 1070. The van der Waals surface area contributed by atoms with Gasteiger partial charge in [0, 0.05) is 33.1 Å². The molecule has 2 aromatic rings. The molecule has 0 aliphatic rings. The number of carbonyl (C=O) groups is 2. The normalized spacial score (nSPS) is 12.4. The number of hydrogen-bond acceptors (Lipinski definition) is 5. The molecule has 2 amide bonds. The van der Waals surface area contributed by atoms with Crippen LogP contribution in [0.1, 0.15) is 45.6 Å². The number of nitrogens with one attached hydrogen (secondary N) is 1. The summed E-state index contributed by atoms with van der Waals surface area (Å²) in [6.45, 7) is 6.91. The van der Waals surface area contributed by atoms with Crippen LogP contribution in [0.4, 0.5) is 0 Å². The van der Waals surface area contributed by atoms with Crippen molar-refractivity contribution in [3.8, 4) is 5.75 Å². The predicted molar refractivity (Wildman–Crippen MR) is 141 cm³/mol. The maximum atomic E-state index is 13.4. The van der Waals surface area contributed by atoms with Gasteiger partial charge in [-0.25, -0.2) is 12.7 Å². The Labute approximate surface area is 215 Å². The fourth-order valence-electron chi connectivity index (χ4n) is 3.76. The Hall–Kier alpha value is -2.91. The van der Waals surface area contributed by atoms with Crippen molar-refractivity contribution >= 4 is 21.8 Å². The number of amides is 2. The second-order valence-electron chi connectivity index (χ2n) is 9.18. The van der Waals surface area contributed by atoms with Crippen LogP contribution in [0.3, 0.4) is 0 Å². The van der Waals surface area contributed by atoms with Crippen molar-refractivity contribution in [2.75, 3.05) is 27.2 Å². The second kappa shape index (κ2) is 14.0. The Balaban J connectivity index is 2.13. The Morgan fingerprint density at radius 3 is 2.22 bits per heavy atom. The van der Waals surface area contributed by atoms with Gasteiger partial charge in [-0.1, -0.05) is 51.1 Å². The van der Waals surface area contributed by atoms with E-state index in [1.165, 1.54) is 11.4 Å². The minimum absolute atomic E-state index is 0.124. The van der Waals surface area contributed by atoms with E-state index in [2.05, 4.69) is 5.32 Å². The minimum Gasteiger partial charge on any atom is -0.497 e. The third-order valence-corrected chi connectivity index (χ3v) is 7.77. The molecule has 0 aromatic heterocycles. The van der Waals surface area contributed by atoms with Crippen molar-refractivity contribution in [2.45, 2.75) is 57.5 Å². The zero-order valence-corrected chi connectivity index (χ0v) is 22.8. The van der Waals surface area contributed by atoms with E-state index in [0.29, 0.717) is 31.1 Å². The number of methoxy groups -OCH3 is 1. The Kier molecular flexibility index (Phi) is 11.4. The quantitative estimate of drug-likeness (QED) is 0.413. The number of sulfonamides is 1. The summed E-state index contributed by atoms with van der Waals surface area (Å²) >= 11 is 0. The van der Waals surface area contributed by atoms with E-state index in [0.717, 1.165) is 5.56 Å². The first kappa shape index (κ1) is 29.3. The summed E-state index contributed by atoms with van der Waals surface area (Å²) in [5.74, 6) is 0.625. The molecular weight excluding hydrogens is 478 g/mol. The number of carbonyl (C=O) groups excluding carboxylic acids is 2. The van der Waals surface area contributed by atoms with E-state index in [1.54, 1.807) is 42.3 Å². The van der Waals surface area contributed by atoms with Crippen LogP contribution in [-0.2, 0) is 26.2 Å². The molecule has 2 aromatic carbocycles. The summed E-state index contributed by atoms with van der Waals surface area (Å²) in [6, 6.07) is 15.0. The minimum atomic E-state index is -3.63. The monoisotopic (exact) mass is 517 g/mol. The average Bonchev–Trinajstić information content (AvgIpc) is 2.87. The summed E-state index contributed by atoms with van der Waals surface area (Å²) < 4.78 is 32.0. The lowest BCUT2D eigenvalue weighted by Crippen LogP contribution is -2.49. The van der Waals surface area contributed by atoms with E-state index in [-0.39, 0.29) is 36.2 Å². The molecule has 0 aliphatic carbocycles. The third-order valence-electron chi connectivity index (χ3n) is 5.90. The average molecular weight is 518 g/mol. The summed E-state index contributed by atoms with van der Waals surface area (Å²) in [4.78, 5) is 28.2. The zero-order valence-electron chi connectivity index (χ0n) is 21.9.